The summed E-state index contributed by atoms with van der Waals surface area (Å²) in [5.74, 6) is 0. The molecule has 4 heteroatoms. The summed E-state index contributed by atoms with van der Waals surface area (Å²) in [4.78, 5) is 9.07. The van der Waals surface area contributed by atoms with Crippen LogP contribution in [-0.2, 0) is 6.54 Å². The largest absolute Gasteiger partial charge is 0.369 e. The third-order valence-electron chi connectivity index (χ3n) is 3.16. The van der Waals surface area contributed by atoms with E-state index in [1.807, 2.05) is 13.1 Å². The summed E-state index contributed by atoms with van der Waals surface area (Å²) in [6.45, 7) is 6.98. The molecule has 2 rings (SSSR count). The lowest BCUT2D eigenvalue weighted by Crippen LogP contribution is -2.45. The van der Waals surface area contributed by atoms with Crippen molar-refractivity contribution in [1.82, 2.24) is 9.88 Å². The van der Waals surface area contributed by atoms with Crippen LogP contribution in [0.1, 0.15) is 11.3 Å². The van der Waals surface area contributed by atoms with Gasteiger partial charge in [0.25, 0.3) is 0 Å². The van der Waals surface area contributed by atoms with Gasteiger partial charge < -0.3 is 15.5 Å². The van der Waals surface area contributed by atoms with Gasteiger partial charge in [-0.1, -0.05) is 0 Å². The smallest absolute Gasteiger partial charge is 0.0446 e. The Morgan fingerprint density at radius 2 is 2.00 bits per heavy atom. The summed E-state index contributed by atoms with van der Waals surface area (Å²) in [7, 11) is 2.17. The first-order valence-electron chi connectivity index (χ1n) is 5.80. The molecule has 0 saturated carbocycles. The molecule has 0 radical (unpaired) electrons. The molecule has 16 heavy (non-hydrogen) atoms. The summed E-state index contributed by atoms with van der Waals surface area (Å²) in [5, 5.41) is 0. The first-order chi connectivity index (χ1) is 7.70. The number of anilines is 1. The predicted molar refractivity (Wildman–Crippen MR) is 66.6 cm³/mol. The zero-order valence-corrected chi connectivity index (χ0v) is 10.1. The molecule has 1 fully saturated rings. The number of pyridine rings is 1. The summed E-state index contributed by atoms with van der Waals surface area (Å²) in [6.07, 6.45) is 1.91. The van der Waals surface area contributed by atoms with Gasteiger partial charge in [-0.2, -0.15) is 0 Å². The van der Waals surface area contributed by atoms with E-state index in [0.717, 1.165) is 37.4 Å². The van der Waals surface area contributed by atoms with Crippen molar-refractivity contribution in [2.45, 2.75) is 13.5 Å². The quantitative estimate of drug-likeness (QED) is 0.793. The van der Waals surface area contributed by atoms with E-state index < -0.39 is 0 Å². The topological polar surface area (TPSA) is 45.4 Å². The Hall–Kier alpha value is -1.13. The van der Waals surface area contributed by atoms with Gasteiger partial charge in [0, 0.05) is 55.9 Å². The van der Waals surface area contributed by atoms with Crippen LogP contribution in [0.5, 0.6) is 0 Å². The van der Waals surface area contributed by atoms with Crippen molar-refractivity contribution in [2.24, 2.45) is 5.73 Å². The van der Waals surface area contributed by atoms with Crippen molar-refractivity contribution in [2.75, 3.05) is 38.1 Å². The van der Waals surface area contributed by atoms with Gasteiger partial charge in [0.05, 0.1) is 0 Å². The molecule has 0 atom stereocenters. The predicted octanol–water partition coefficient (Wildman–Crippen LogP) is 0.601. The summed E-state index contributed by atoms with van der Waals surface area (Å²) in [5.41, 5.74) is 9.23. The lowest BCUT2D eigenvalue weighted by atomic mass is 10.1. The highest BCUT2D eigenvalue weighted by Gasteiger charge is 2.16. The van der Waals surface area contributed by atoms with Gasteiger partial charge in [-0.15, -0.1) is 0 Å². The first-order valence-corrected chi connectivity index (χ1v) is 5.80. The van der Waals surface area contributed by atoms with Crippen LogP contribution in [0.15, 0.2) is 12.3 Å². The molecule has 0 aromatic carbocycles. The van der Waals surface area contributed by atoms with Crippen molar-refractivity contribution in [3.8, 4) is 0 Å². The SMILES string of the molecule is Cc1cc(N2CCN(C)CC2)c(CN)cn1. The maximum atomic E-state index is 5.76. The van der Waals surface area contributed by atoms with Gasteiger partial charge >= 0.3 is 0 Å². The lowest BCUT2D eigenvalue weighted by molar-refractivity contribution is 0.312. The Morgan fingerprint density at radius 1 is 1.31 bits per heavy atom. The molecular formula is C12H20N4. The molecule has 0 spiro atoms. The zero-order chi connectivity index (χ0) is 11.5. The van der Waals surface area contributed by atoms with Crippen LogP contribution in [0.3, 0.4) is 0 Å². The van der Waals surface area contributed by atoms with Crippen molar-refractivity contribution in [1.29, 1.82) is 0 Å². The van der Waals surface area contributed by atoms with Gasteiger partial charge in [0.2, 0.25) is 0 Å². The molecule has 0 unspecified atom stereocenters. The molecule has 0 amide bonds. The standard InChI is InChI=1S/C12H20N4/c1-10-7-12(11(8-13)9-14-10)16-5-3-15(2)4-6-16/h7,9H,3-6,8,13H2,1-2H3. The molecule has 1 aromatic rings. The molecule has 0 aliphatic carbocycles. The van der Waals surface area contributed by atoms with Crippen LogP contribution < -0.4 is 10.6 Å². The van der Waals surface area contributed by atoms with Crippen LogP contribution in [0.2, 0.25) is 0 Å². The Bertz CT molecular complexity index is 356. The number of nitrogens with zero attached hydrogens (tertiary/aromatic N) is 3. The second-order valence-corrected chi connectivity index (χ2v) is 4.45. The number of rotatable bonds is 2. The number of hydrogen-bond donors (Lipinski definition) is 1. The number of likely N-dealkylation sites (N-methyl/N-ethyl adjacent to an activating group) is 1. The second kappa shape index (κ2) is 4.80. The maximum Gasteiger partial charge on any atom is 0.0446 e. The van der Waals surface area contributed by atoms with Crippen molar-refractivity contribution in [3.05, 3.63) is 23.5 Å². The maximum absolute atomic E-state index is 5.76. The first kappa shape index (κ1) is 11.4. The van der Waals surface area contributed by atoms with Crippen LogP contribution in [-0.4, -0.2) is 43.1 Å². The molecule has 2 heterocycles. The highest BCUT2D eigenvalue weighted by molar-refractivity contribution is 5.54. The molecule has 1 aliphatic heterocycles. The fourth-order valence-corrected chi connectivity index (χ4v) is 2.07. The van der Waals surface area contributed by atoms with Gasteiger partial charge in [-0.3, -0.25) is 4.98 Å². The van der Waals surface area contributed by atoms with Crippen LogP contribution >= 0.6 is 0 Å². The highest BCUT2D eigenvalue weighted by Crippen LogP contribution is 2.21. The van der Waals surface area contributed by atoms with E-state index >= 15 is 0 Å². The minimum absolute atomic E-state index is 0.564. The van der Waals surface area contributed by atoms with Crippen molar-refractivity contribution >= 4 is 5.69 Å². The molecule has 0 bridgehead atoms. The number of piperazine rings is 1. The van der Waals surface area contributed by atoms with Crippen molar-refractivity contribution in [3.63, 3.8) is 0 Å². The number of aryl methyl sites for hydroxylation is 1. The normalized spacial score (nSPS) is 17.8. The third kappa shape index (κ3) is 2.33. The Balaban J connectivity index is 2.21. The summed E-state index contributed by atoms with van der Waals surface area (Å²) in [6, 6.07) is 2.15. The van der Waals surface area contributed by atoms with E-state index in [4.69, 9.17) is 5.73 Å². The Morgan fingerprint density at radius 3 is 2.62 bits per heavy atom. The minimum atomic E-state index is 0.564. The van der Waals surface area contributed by atoms with E-state index in [9.17, 15) is 0 Å². The lowest BCUT2D eigenvalue weighted by Gasteiger charge is -2.35. The molecule has 1 aromatic heterocycles. The minimum Gasteiger partial charge on any atom is -0.369 e. The molecule has 1 aliphatic rings. The Kier molecular flexibility index (Phi) is 3.41. The van der Waals surface area contributed by atoms with E-state index in [-0.39, 0.29) is 0 Å². The third-order valence-corrected chi connectivity index (χ3v) is 3.16. The summed E-state index contributed by atoms with van der Waals surface area (Å²) < 4.78 is 0. The van der Waals surface area contributed by atoms with Crippen LogP contribution in [0.4, 0.5) is 5.69 Å². The van der Waals surface area contributed by atoms with Gasteiger partial charge in [-0.05, 0) is 20.0 Å². The van der Waals surface area contributed by atoms with E-state index in [1.165, 1.54) is 5.69 Å². The Labute approximate surface area is 97.1 Å². The molecule has 4 nitrogen and oxygen atoms in total. The number of hydrogen-bond acceptors (Lipinski definition) is 4. The van der Waals surface area contributed by atoms with Gasteiger partial charge in [-0.25, -0.2) is 0 Å². The van der Waals surface area contributed by atoms with E-state index in [2.05, 4.69) is 27.9 Å². The number of nitrogens with two attached hydrogens (primary N) is 1. The zero-order valence-electron chi connectivity index (χ0n) is 10.1. The van der Waals surface area contributed by atoms with Gasteiger partial charge in [0.15, 0.2) is 0 Å². The highest BCUT2D eigenvalue weighted by atomic mass is 15.2. The van der Waals surface area contributed by atoms with E-state index in [1.54, 1.807) is 0 Å². The second-order valence-electron chi connectivity index (χ2n) is 4.45. The summed E-state index contributed by atoms with van der Waals surface area (Å²) >= 11 is 0. The van der Waals surface area contributed by atoms with Crippen LogP contribution in [0, 0.1) is 6.92 Å². The molecule has 1 saturated heterocycles. The average molecular weight is 220 g/mol. The van der Waals surface area contributed by atoms with E-state index in [0.29, 0.717) is 6.54 Å². The monoisotopic (exact) mass is 220 g/mol. The molecule has 88 valence electrons. The average Bonchev–Trinajstić information content (AvgIpc) is 2.30. The van der Waals surface area contributed by atoms with Crippen molar-refractivity contribution < 1.29 is 0 Å². The van der Waals surface area contributed by atoms with Gasteiger partial charge in [0.1, 0.15) is 0 Å². The van der Waals surface area contributed by atoms with Crippen LogP contribution in [0.25, 0.3) is 0 Å². The molecule has 2 N–H and O–H groups in total. The fourth-order valence-electron chi connectivity index (χ4n) is 2.07. The fraction of sp³-hybridized carbons (Fsp3) is 0.583. The number of aromatic nitrogens is 1. The molecular weight excluding hydrogens is 200 g/mol.